The number of hydrogen-bond acceptors (Lipinski definition) is 3. The standard InChI is InChI=1S/C16H10F6O3/c17-15(18,19)10-2-1-3-12(7-4-10)24-14(23)25-13-8-5-11(6-9-13)16(20,21)22/h2-9H,1H2. The summed E-state index contributed by atoms with van der Waals surface area (Å²) in [5.74, 6) is -0.377. The van der Waals surface area contributed by atoms with Gasteiger partial charge < -0.3 is 9.47 Å². The summed E-state index contributed by atoms with van der Waals surface area (Å²) >= 11 is 0. The molecule has 3 nitrogen and oxygen atoms in total. The zero-order chi connectivity index (χ0) is 18.7. The van der Waals surface area contributed by atoms with E-state index < -0.39 is 29.6 Å². The van der Waals surface area contributed by atoms with Crippen LogP contribution in [-0.4, -0.2) is 12.3 Å². The van der Waals surface area contributed by atoms with Crippen LogP contribution in [-0.2, 0) is 10.9 Å². The van der Waals surface area contributed by atoms with Crippen molar-refractivity contribution in [2.75, 3.05) is 0 Å². The van der Waals surface area contributed by atoms with Crippen LogP contribution in [0.25, 0.3) is 0 Å². The molecule has 0 aliphatic heterocycles. The number of alkyl halides is 6. The minimum atomic E-state index is -4.53. The number of halogens is 6. The summed E-state index contributed by atoms with van der Waals surface area (Å²) in [5, 5.41) is 0. The van der Waals surface area contributed by atoms with Gasteiger partial charge in [-0.25, -0.2) is 4.79 Å². The average molecular weight is 364 g/mol. The fourth-order valence-electron chi connectivity index (χ4n) is 1.82. The zero-order valence-corrected chi connectivity index (χ0v) is 12.3. The van der Waals surface area contributed by atoms with Gasteiger partial charge in [0.2, 0.25) is 0 Å². The fraction of sp³-hybridized carbons (Fsp3) is 0.188. The average Bonchev–Trinajstić information content (AvgIpc) is 2.72. The Hall–Kier alpha value is -2.71. The predicted octanol–water partition coefficient (Wildman–Crippen LogP) is 5.55. The molecule has 0 atom stereocenters. The summed E-state index contributed by atoms with van der Waals surface area (Å²) in [5.41, 5.74) is -1.81. The van der Waals surface area contributed by atoms with E-state index in [1.165, 1.54) is 6.08 Å². The summed E-state index contributed by atoms with van der Waals surface area (Å²) in [6.07, 6.45) is -6.64. The third-order valence-electron chi connectivity index (χ3n) is 3.00. The second kappa shape index (κ2) is 7.04. The largest absolute Gasteiger partial charge is 0.519 e. The molecule has 1 aliphatic rings. The van der Waals surface area contributed by atoms with Gasteiger partial charge in [0.1, 0.15) is 11.5 Å². The lowest BCUT2D eigenvalue weighted by atomic mass is 10.2. The molecule has 2 rings (SSSR count). The van der Waals surface area contributed by atoms with Crippen LogP contribution in [0.4, 0.5) is 31.1 Å². The third kappa shape index (κ3) is 5.40. The normalized spacial score (nSPS) is 15.1. The molecule has 0 fully saturated rings. The molecule has 0 radical (unpaired) electrons. The summed E-state index contributed by atoms with van der Waals surface area (Å²) < 4.78 is 84.3. The Morgan fingerprint density at radius 1 is 0.840 bits per heavy atom. The first kappa shape index (κ1) is 18.6. The van der Waals surface area contributed by atoms with Gasteiger partial charge in [-0.2, -0.15) is 26.3 Å². The topological polar surface area (TPSA) is 35.5 Å². The molecule has 0 heterocycles. The molecule has 0 saturated heterocycles. The van der Waals surface area contributed by atoms with Crippen molar-refractivity contribution < 1.29 is 40.6 Å². The lowest BCUT2D eigenvalue weighted by Crippen LogP contribution is -2.11. The summed E-state index contributed by atoms with van der Waals surface area (Å²) in [6.45, 7) is 0. The molecule has 0 saturated carbocycles. The Morgan fingerprint density at radius 3 is 2.04 bits per heavy atom. The molecule has 1 aliphatic carbocycles. The highest BCUT2D eigenvalue weighted by molar-refractivity contribution is 5.65. The highest BCUT2D eigenvalue weighted by atomic mass is 19.4. The Morgan fingerprint density at radius 2 is 1.48 bits per heavy atom. The zero-order valence-electron chi connectivity index (χ0n) is 12.3. The van der Waals surface area contributed by atoms with Crippen LogP contribution in [0.3, 0.4) is 0 Å². The van der Waals surface area contributed by atoms with Crippen molar-refractivity contribution in [3.63, 3.8) is 0 Å². The van der Waals surface area contributed by atoms with Gasteiger partial charge in [0.25, 0.3) is 0 Å². The molecule has 0 aromatic heterocycles. The lowest BCUT2D eigenvalue weighted by Gasteiger charge is -2.08. The molecule has 134 valence electrons. The van der Waals surface area contributed by atoms with E-state index in [0.29, 0.717) is 12.1 Å². The number of hydrogen-bond donors (Lipinski definition) is 0. The number of carbonyl (C=O) groups is 1. The van der Waals surface area contributed by atoms with Gasteiger partial charge in [-0.3, -0.25) is 0 Å². The Labute approximate surface area is 137 Å². The van der Waals surface area contributed by atoms with E-state index in [-0.39, 0.29) is 17.9 Å². The summed E-state index contributed by atoms with van der Waals surface area (Å²) in [6, 6.07) is 3.27. The lowest BCUT2D eigenvalue weighted by molar-refractivity contribution is -0.137. The van der Waals surface area contributed by atoms with Gasteiger partial charge in [-0.15, -0.1) is 0 Å². The number of benzene rings is 1. The first-order valence-corrected chi connectivity index (χ1v) is 6.78. The van der Waals surface area contributed by atoms with Gasteiger partial charge in [-0.05, 0) is 48.9 Å². The van der Waals surface area contributed by atoms with Crippen LogP contribution in [0.15, 0.2) is 59.9 Å². The second-order valence-corrected chi connectivity index (χ2v) is 4.81. The van der Waals surface area contributed by atoms with E-state index in [2.05, 4.69) is 4.74 Å². The smallest absolute Gasteiger partial charge is 0.395 e. The maximum absolute atomic E-state index is 12.6. The first-order chi connectivity index (χ1) is 11.6. The van der Waals surface area contributed by atoms with Crippen LogP contribution in [0, 0.1) is 0 Å². The second-order valence-electron chi connectivity index (χ2n) is 4.81. The molecule has 25 heavy (non-hydrogen) atoms. The van der Waals surface area contributed by atoms with Crippen LogP contribution in [0.5, 0.6) is 5.75 Å². The van der Waals surface area contributed by atoms with E-state index in [0.717, 1.165) is 30.4 Å². The van der Waals surface area contributed by atoms with Crippen molar-refractivity contribution in [3.8, 4) is 5.75 Å². The van der Waals surface area contributed by atoms with Gasteiger partial charge in [0, 0.05) is 0 Å². The Bertz CT molecular complexity index is 724. The van der Waals surface area contributed by atoms with Crippen LogP contribution in [0.2, 0.25) is 0 Å². The molecule has 0 spiro atoms. The molecule has 1 aromatic rings. The van der Waals surface area contributed by atoms with Crippen molar-refractivity contribution in [2.45, 2.75) is 18.8 Å². The monoisotopic (exact) mass is 364 g/mol. The minimum Gasteiger partial charge on any atom is -0.395 e. The SMILES string of the molecule is O=C(OC1=CCC=C(C(F)(F)F)C=C1)Oc1ccc(C(F)(F)F)cc1. The van der Waals surface area contributed by atoms with E-state index in [4.69, 9.17) is 4.74 Å². The predicted molar refractivity (Wildman–Crippen MR) is 74.5 cm³/mol. The molecule has 0 N–H and O–H groups in total. The van der Waals surface area contributed by atoms with E-state index in [1.807, 2.05) is 0 Å². The van der Waals surface area contributed by atoms with Crippen molar-refractivity contribution >= 4 is 6.16 Å². The van der Waals surface area contributed by atoms with E-state index in [1.54, 1.807) is 0 Å². The summed E-state index contributed by atoms with van der Waals surface area (Å²) in [7, 11) is 0. The number of ether oxygens (including phenoxy) is 2. The van der Waals surface area contributed by atoms with Gasteiger partial charge >= 0.3 is 18.5 Å². The molecule has 0 bridgehead atoms. The first-order valence-electron chi connectivity index (χ1n) is 6.78. The van der Waals surface area contributed by atoms with E-state index in [9.17, 15) is 31.1 Å². The number of carbonyl (C=O) groups excluding carboxylic acids is 1. The van der Waals surface area contributed by atoms with Gasteiger partial charge in [0.05, 0.1) is 11.1 Å². The van der Waals surface area contributed by atoms with Crippen LogP contribution >= 0.6 is 0 Å². The number of allylic oxidation sites excluding steroid dienone is 5. The molecular formula is C16H10F6O3. The summed E-state index contributed by atoms with van der Waals surface area (Å²) in [4.78, 5) is 11.6. The van der Waals surface area contributed by atoms with Crippen molar-refractivity contribution in [2.24, 2.45) is 0 Å². The fourth-order valence-corrected chi connectivity index (χ4v) is 1.82. The minimum absolute atomic E-state index is 0.120. The Kier molecular flexibility index (Phi) is 5.24. The number of rotatable bonds is 2. The van der Waals surface area contributed by atoms with Crippen molar-refractivity contribution in [1.29, 1.82) is 0 Å². The molecule has 9 heteroatoms. The maximum Gasteiger partial charge on any atom is 0.519 e. The highest BCUT2D eigenvalue weighted by Gasteiger charge is 2.32. The molecule has 0 unspecified atom stereocenters. The quantitative estimate of drug-likeness (QED) is 0.392. The van der Waals surface area contributed by atoms with Crippen molar-refractivity contribution in [1.82, 2.24) is 0 Å². The Balaban J connectivity index is 1.96. The van der Waals surface area contributed by atoms with Crippen LogP contribution < -0.4 is 4.74 Å². The van der Waals surface area contributed by atoms with Crippen molar-refractivity contribution in [3.05, 3.63) is 65.5 Å². The molecule has 0 amide bonds. The third-order valence-corrected chi connectivity index (χ3v) is 3.00. The van der Waals surface area contributed by atoms with Gasteiger partial charge in [0.15, 0.2) is 0 Å². The highest BCUT2D eigenvalue weighted by Crippen LogP contribution is 2.31. The maximum atomic E-state index is 12.6. The van der Waals surface area contributed by atoms with Crippen LogP contribution in [0.1, 0.15) is 12.0 Å². The van der Waals surface area contributed by atoms with E-state index >= 15 is 0 Å². The molecule has 1 aromatic carbocycles. The molecular weight excluding hydrogens is 354 g/mol. The van der Waals surface area contributed by atoms with Gasteiger partial charge in [-0.1, -0.05) is 6.08 Å².